The topological polar surface area (TPSA) is 17.1 Å². The molecule has 1 heteroatoms. The van der Waals surface area contributed by atoms with Crippen molar-refractivity contribution < 1.29 is 4.79 Å². The zero-order chi connectivity index (χ0) is 9.68. The van der Waals surface area contributed by atoms with Gasteiger partial charge in [0.25, 0.3) is 0 Å². The molecule has 0 aliphatic carbocycles. The van der Waals surface area contributed by atoms with E-state index in [0.29, 0.717) is 12.3 Å². The van der Waals surface area contributed by atoms with Crippen molar-refractivity contribution in [3.63, 3.8) is 0 Å². The molecule has 1 unspecified atom stereocenters. The first kappa shape index (κ1) is 9.97. The summed E-state index contributed by atoms with van der Waals surface area (Å²) in [6.45, 7) is 4.23. The van der Waals surface area contributed by atoms with Crippen molar-refractivity contribution in [3.8, 4) is 0 Å². The Hall–Kier alpha value is -1.11. The van der Waals surface area contributed by atoms with Crippen molar-refractivity contribution in [2.75, 3.05) is 0 Å². The van der Waals surface area contributed by atoms with Crippen molar-refractivity contribution in [3.05, 3.63) is 35.4 Å². The van der Waals surface area contributed by atoms with Crippen LogP contribution < -0.4 is 0 Å². The molecule has 0 spiro atoms. The Kier molecular flexibility index (Phi) is 3.69. The van der Waals surface area contributed by atoms with E-state index in [2.05, 4.69) is 26.0 Å². The molecule has 1 rings (SSSR count). The van der Waals surface area contributed by atoms with Gasteiger partial charge in [-0.25, -0.2) is 0 Å². The molecule has 0 fully saturated rings. The lowest BCUT2D eigenvalue weighted by molar-refractivity contribution is -0.108. The predicted octanol–water partition coefficient (Wildman–Crippen LogP) is 3.08. The highest BCUT2D eigenvalue weighted by Crippen LogP contribution is 2.24. The number of aryl methyl sites for hydroxylation is 1. The molecule has 70 valence electrons. The Balaban J connectivity index is 2.90. The van der Waals surface area contributed by atoms with Crippen molar-refractivity contribution in [2.24, 2.45) is 0 Å². The average Bonchev–Trinajstić information content (AvgIpc) is 2.16. The lowest BCUT2D eigenvalue weighted by Gasteiger charge is -2.14. The van der Waals surface area contributed by atoms with Gasteiger partial charge >= 0.3 is 0 Å². The molecule has 0 radical (unpaired) electrons. The van der Waals surface area contributed by atoms with Gasteiger partial charge in [0.15, 0.2) is 0 Å². The summed E-state index contributed by atoms with van der Waals surface area (Å²) in [5.41, 5.74) is 2.60. The number of hydrogen-bond acceptors (Lipinski definition) is 1. The maximum atomic E-state index is 10.5. The van der Waals surface area contributed by atoms with Crippen LogP contribution in [-0.2, 0) is 4.79 Å². The van der Waals surface area contributed by atoms with Crippen LogP contribution >= 0.6 is 0 Å². The monoisotopic (exact) mass is 176 g/mol. The number of benzene rings is 1. The molecule has 0 heterocycles. The number of carbonyl (C=O) groups excluding carboxylic acids is 1. The van der Waals surface area contributed by atoms with Gasteiger partial charge in [0.05, 0.1) is 0 Å². The van der Waals surface area contributed by atoms with Crippen molar-refractivity contribution in [2.45, 2.75) is 32.6 Å². The van der Waals surface area contributed by atoms with Gasteiger partial charge in [-0.05, 0) is 30.4 Å². The zero-order valence-electron chi connectivity index (χ0n) is 8.29. The first-order chi connectivity index (χ1) is 6.29. The predicted molar refractivity (Wildman–Crippen MR) is 54.9 cm³/mol. The zero-order valence-corrected chi connectivity index (χ0v) is 8.29. The van der Waals surface area contributed by atoms with Gasteiger partial charge in [-0.15, -0.1) is 0 Å². The van der Waals surface area contributed by atoms with E-state index < -0.39 is 0 Å². The molecule has 0 aliphatic rings. The third kappa shape index (κ3) is 2.41. The minimum absolute atomic E-state index is 0.402. The maximum Gasteiger partial charge on any atom is 0.120 e. The third-order valence-electron chi connectivity index (χ3n) is 2.50. The molecular weight excluding hydrogens is 160 g/mol. The molecule has 0 N–H and O–H groups in total. The summed E-state index contributed by atoms with van der Waals surface area (Å²) in [4.78, 5) is 10.5. The smallest absolute Gasteiger partial charge is 0.120 e. The Morgan fingerprint density at radius 3 is 2.62 bits per heavy atom. The number of aldehydes is 1. The lowest BCUT2D eigenvalue weighted by Crippen LogP contribution is -2.00. The van der Waals surface area contributed by atoms with E-state index in [1.54, 1.807) is 0 Å². The Labute approximate surface area is 79.8 Å². The Morgan fingerprint density at radius 2 is 2.08 bits per heavy atom. The van der Waals surface area contributed by atoms with Crippen LogP contribution in [0.2, 0.25) is 0 Å². The highest BCUT2D eigenvalue weighted by Gasteiger charge is 2.09. The molecule has 0 saturated heterocycles. The third-order valence-corrected chi connectivity index (χ3v) is 2.50. The van der Waals surface area contributed by atoms with E-state index in [9.17, 15) is 4.79 Å². The van der Waals surface area contributed by atoms with Gasteiger partial charge < -0.3 is 4.79 Å². The van der Waals surface area contributed by atoms with E-state index in [1.165, 1.54) is 11.1 Å². The summed E-state index contributed by atoms with van der Waals surface area (Å²) in [5.74, 6) is 0.402. The first-order valence-corrected chi connectivity index (χ1v) is 4.78. The minimum Gasteiger partial charge on any atom is -0.303 e. The van der Waals surface area contributed by atoms with Crippen LogP contribution in [0.1, 0.15) is 36.8 Å². The highest BCUT2D eigenvalue weighted by molar-refractivity contribution is 5.52. The van der Waals surface area contributed by atoms with E-state index in [4.69, 9.17) is 0 Å². The van der Waals surface area contributed by atoms with Crippen LogP contribution in [0, 0.1) is 6.92 Å². The van der Waals surface area contributed by atoms with Gasteiger partial charge in [0.2, 0.25) is 0 Å². The molecule has 0 bridgehead atoms. The molecule has 0 aliphatic heterocycles. The largest absolute Gasteiger partial charge is 0.303 e. The van der Waals surface area contributed by atoms with Crippen molar-refractivity contribution in [1.29, 1.82) is 0 Å². The number of rotatable bonds is 4. The molecule has 1 atom stereocenters. The average molecular weight is 176 g/mol. The summed E-state index contributed by atoms with van der Waals surface area (Å²) in [6.07, 6.45) is 2.69. The van der Waals surface area contributed by atoms with Crippen LogP contribution in [0.25, 0.3) is 0 Å². The molecule has 1 nitrogen and oxygen atoms in total. The summed E-state index contributed by atoms with van der Waals surface area (Å²) < 4.78 is 0. The van der Waals surface area contributed by atoms with Crippen LogP contribution in [0.15, 0.2) is 24.3 Å². The van der Waals surface area contributed by atoms with Gasteiger partial charge in [-0.1, -0.05) is 31.2 Å². The van der Waals surface area contributed by atoms with Crippen LogP contribution in [0.4, 0.5) is 0 Å². The van der Waals surface area contributed by atoms with Crippen LogP contribution in [-0.4, -0.2) is 6.29 Å². The fourth-order valence-electron chi connectivity index (χ4n) is 1.67. The van der Waals surface area contributed by atoms with E-state index >= 15 is 0 Å². The summed E-state index contributed by atoms with van der Waals surface area (Å²) in [7, 11) is 0. The Morgan fingerprint density at radius 1 is 1.38 bits per heavy atom. The van der Waals surface area contributed by atoms with Crippen LogP contribution in [0.5, 0.6) is 0 Å². The highest BCUT2D eigenvalue weighted by atomic mass is 16.1. The normalized spacial score (nSPS) is 12.5. The van der Waals surface area contributed by atoms with Gasteiger partial charge in [-0.2, -0.15) is 0 Å². The molecular formula is C12H16O. The second-order valence-electron chi connectivity index (χ2n) is 3.36. The SMILES string of the molecule is CCC(CC=O)c1ccccc1C. The molecule has 0 saturated carbocycles. The molecule has 0 aromatic heterocycles. The van der Waals surface area contributed by atoms with Crippen LogP contribution in [0.3, 0.4) is 0 Å². The standard InChI is InChI=1S/C12H16O/c1-3-11(8-9-13)12-7-5-4-6-10(12)2/h4-7,9,11H,3,8H2,1-2H3. The molecule has 1 aromatic carbocycles. The van der Waals surface area contributed by atoms with Crippen molar-refractivity contribution >= 4 is 6.29 Å². The minimum atomic E-state index is 0.402. The van der Waals surface area contributed by atoms with E-state index in [0.717, 1.165) is 12.7 Å². The fourth-order valence-corrected chi connectivity index (χ4v) is 1.67. The van der Waals surface area contributed by atoms with Gasteiger partial charge in [0.1, 0.15) is 6.29 Å². The lowest BCUT2D eigenvalue weighted by atomic mass is 9.90. The quantitative estimate of drug-likeness (QED) is 0.644. The summed E-state index contributed by atoms with van der Waals surface area (Å²) >= 11 is 0. The van der Waals surface area contributed by atoms with E-state index in [1.807, 2.05) is 12.1 Å². The second-order valence-corrected chi connectivity index (χ2v) is 3.36. The molecule has 0 amide bonds. The van der Waals surface area contributed by atoms with E-state index in [-0.39, 0.29) is 0 Å². The maximum absolute atomic E-state index is 10.5. The van der Waals surface area contributed by atoms with Crippen molar-refractivity contribution in [1.82, 2.24) is 0 Å². The number of carbonyl (C=O) groups is 1. The second kappa shape index (κ2) is 4.80. The molecule has 13 heavy (non-hydrogen) atoms. The molecule has 1 aromatic rings. The van der Waals surface area contributed by atoms with Gasteiger partial charge in [-0.3, -0.25) is 0 Å². The summed E-state index contributed by atoms with van der Waals surface area (Å²) in [6, 6.07) is 8.29. The summed E-state index contributed by atoms with van der Waals surface area (Å²) in [5, 5.41) is 0. The number of hydrogen-bond donors (Lipinski definition) is 0. The fraction of sp³-hybridized carbons (Fsp3) is 0.417. The Bertz CT molecular complexity index is 278. The van der Waals surface area contributed by atoms with Gasteiger partial charge in [0, 0.05) is 6.42 Å². The first-order valence-electron chi connectivity index (χ1n) is 4.78.